The summed E-state index contributed by atoms with van der Waals surface area (Å²) in [7, 11) is -3.09. The normalized spacial score (nSPS) is 11.9. The number of sulfone groups is 1. The highest BCUT2D eigenvalue weighted by Gasteiger charge is 2.08. The minimum atomic E-state index is -3.09. The van der Waals surface area contributed by atoms with Crippen molar-refractivity contribution in [1.82, 2.24) is 5.32 Å². The van der Waals surface area contributed by atoms with Crippen LogP contribution in [0.25, 0.3) is 0 Å². The molecular weight excluding hydrogens is 335 g/mol. The highest BCUT2D eigenvalue weighted by atomic mass is 32.2. The van der Waals surface area contributed by atoms with Crippen LogP contribution in [0.15, 0.2) is 30.1 Å². The van der Waals surface area contributed by atoms with Gasteiger partial charge in [0.2, 0.25) is 5.91 Å². The molecule has 0 atom stereocenters. The molecule has 24 heavy (non-hydrogen) atoms. The first-order valence-corrected chi connectivity index (χ1v) is 9.25. The van der Waals surface area contributed by atoms with Crippen molar-refractivity contribution in [3.8, 4) is 0 Å². The lowest BCUT2D eigenvalue weighted by Crippen LogP contribution is -2.25. The molecular formula is C15H23FN4O3S. The second kappa shape index (κ2) is 9.11. The zero-order chi connectivity index (χ0) is 18.2. The lowest BCUT2D eigenvalue weighted by Gasteiger charge is -2.10. The third-order valence-electron chi connectivity index (χ3n) is 3.10. The topological polar surface area (TPSA) is 113 Å². The van der Waals surface area contributed by atoms with Crippen molar-refractivity contribution in [3.05, 3.63) is 35.9 Å². The molecule has 134 valence electrons. The Bertz CT molecular complexity index is 705. The van der Waals surface area contributed by atoms with Crippen molar-refractivity contribution in [2.45, 2.75) is 13.8 Å². The van der Waals surface area contributed by atoms with E-state index < -0.39 is 15.7 Å². The standard InChI is InChI=1S/C15H23FN4O3S/c1-3-24(22,23)7-6-18-15-5-4-13(8-14(15)16)20-10-12(17)9-19-11(2)21/h4-5,8,10,18,20H,3,6-7,9,17H2,1-2H3,(H,19,21)/b12-10-. The summed E-state index contributed by atoms with van der Waals surface area (Å²) >= 11 is 0. The van der Waals surface area contributed by atoms with Crippen LogP contribution >= 0.6 is 0 Å². The largest absolute Gasteiger partial charge is 0.399 e. The van der Waals surface area contributed by atoms with E-state index >= 15 is 0 Å². The maximum atomic E-state index is 14.0. The first kappa shape index (κ1) is 19.8. The molecule has 0 spiro atoms. The van der Waals surface area contributed by atoms with Crippen LogP contribution in [0.5, 0.6) is 0 Å². The van der Waals surface area contributed by atoms with Gasteiger partial charge in [0.15, 0.2) is 9.84 Å². The van der Waals surface area contributed by atoms with Gasteiger partial charge in [0.05, 0.1) is 18.0 Å². The fourth-order valence-electron chi connectivity index (χ4n) is 1.69. The van der Waals surface area contributed by atoms with Crippen LogP contribution in [-0.2, 0) is 14.6 Å². The van der Waals surface area contributed by atoms with E-state index in [9.17, 15) is 17.6 Å². The molecule has 0 aliphatic heterocycles. The lowest BCUT2D eigenvalue weighted by molar-refractivity contribution is -0.118. The first-order chi connectivity index (χ1) is 11.2. The van der Waals surface area contributed by atoms with Crippen molar-refractivity contribution >= 4 is 27.1 Å². The molecule has 0 fully saturated rings. The van der Waals surface area contributed by atoms with E-state index in [2.05, 4.69) is 16.0 Å². The number of carbonyl (C=O) groups is 1. The van der Waals surface area contributed by atoms with Gasteiger partial charge >= 0.3 is 0 Å². The van der Waals surface area contributed by atoms with E-state index in [0.29, 0.717) is 11.4 Å². The SMILES string of the molecule is CCS(=O)(=O)CCNc1ccc(N/C=C(\N)CNC(C)=O)cc1F. The summed E-state index contributed by atoms with van der Waals surface area (Å²) in [5.74, 6) is -0.696. The number of amides is 1. The number of halogens is 1. The van der Waals surface area contributed by atoms with Gasteiger partial charge in [0.25, 0.3) is 0 Å². The fourth-order valence-corrected chi connectivity index (χ4v) is 2.39. The summed E-state index contributed by atoms with van der Waals surface area (Å²) in [6, 6.07) is 4.40. The molecule has 0 aliphatic rings. The van der Waals surface area contributed by atoms with Crippen molar-refractivity contribution in [3.63, 3.8) is 0 Å². The van der Waals surface area contributed by atoms with Gasteiger partial charge < -0.3 is 21.7 Å². The summed E-state index contributed by atoms with van der Waals surface area (Å²) in [6.07, 6.45) is 1.46. The average Bonchev–Trinajstić information content (AvgIpc) is 2.52. The van der Waals surface area contributed by atoms with Crippen molar-refractivity contribution in [1.29, 1.82) is 0 Å². The van der Waals surface area contributed by atoms with Crippen LogP contribution in [0.4, 0.5) is 15.8 Å². The molecule has 0 aliphatic carbocycles. The number of hydrogen-bond acceptors (Lipinski definition) is 6. The highest BCUT2D eigenvalue weighted by Crippen LogP contribution is 2.19. The van der Waals surface area contributed by atoms with Gasteiger partial charge in [-0.25, -0.2) is 12.8 Å². The molecule has 0 radical (unpaired) electrons. The second-order valence-corrected chi connectivity index (χ2v) is 7.60. The van der Waals surface area contributed by atoms with Gasteiger partial charge in [-0.3, -0.25) is 4.79 Å². The Hall–Kier alpha value is -2.29. The van der Waals surface area contributed by atoms with Gasteiger partial charge in [-0.05, 0) is 18.2 Å². The van der Waals surface area contributed by atoms with Gasteiger partial charge in [-0.1, -0.05) is 6.92 Å². The van der Waals surface area contributed by atoms with Crippen LogP contribution < -0.4 is 21.7 Å². The maximum Gasteiger partial charge on any atom is 0.217 e. The molecule has 0 aromatic heterocycles. The summed E-state index contributed by atoms with van der Waals surface area (Å²) in [5, 5.41) is 8.12. The number of hydrogen-bond donors (Lipinski definition) is 4. The summed E-state index contributed by atoms with van der Waals surface area (Å²) in [5.41, 5.74) is 6.77. The predicted molar refractivity (Wildman–Crippen MR) is 93.8 cm³/mol. The van der Waals surface area contributed by atoms with Crippen LogP contribution in [0.1, 0.15) is 13.8 Å². The summed E-state index contributed by atoms with van der Waals surface area (Å²) in [4.78, 5) is 10.8. The van der Waals surface area contributed by atoms with Crippen LogP contribution in [0.3, 0.4) is 0 Å². The van der Waals surface area contributed by atoms with Crippen LogP contribution in [0.2, 0.25) is 0 Å². The zero-order valence-corrected chi connectivity index (χ0v) is 14.5. The Morgan fingerprint density at radius 2 is 2.08 bits per heavy atom. The minimum Gasteiger partial charge on any atom is -0.399 e. The van der Waals surface area contributed by atoms with E-state index in [1.165, 1.54) is 25.3 Å². The summed E-state index contributed by atoms with van der Waals surface area (Å²) < 4.78 is 36.7. The monoisotopic (exact) mass is 358 g/mol. The number of nitrogens with two attached hydrogens (primary N) is 1. The lowest BCUT2D eigenvalue weighted by atomic mass is 10.2. The molecule has 1 amide bonds. The predicted octanol–water partition coefficient (Wildman–Crippen LogP) is 1.02. The molecule has 0 unspecified atom stereocenters. The molecule has 1 aromatic rings. The molecule has 9 heteroatoms. The molecule has 1 rings (SSSR count). The van der Waals surface area contributed by atoms with Gasteiger partial charge in [-0.15, -0.1) is 0 Å². The van der Waals surface area contributed by atoms with E-state index in [1.54, 1.807) is 13.0 Å². The molecule has 0 heterocycles. The third-order valence-corrected chi connectivity index (χ3v) is 4.81. The van der Waals surface area contributed by atoms with E-state index in [-0.39, 0.29) is 36.2 Å². The molecule has 1 aromatic carbocycles. The number of anilines is 2. The smallest absolute Gasteiger partial charge is 0.217 e. The number of carbonyl (C=O) groups excluding carboxylic acids is 1. The van der Waals surface area contributed by atoms with Crippen molar-refractivity contribution in [2.24, 2.45) is 5.73 Å². The zero-order valence-electron chi connectivity index (χ0n) is 13.7. The first-order valence-electron chi connectivity index (χ1n) is 7.43. The Morgan fingerprint density at radius 3 is 2.67 bits per heavy atom. The number of benzene rings is 1. The Kier molecular flexibility index (Phi) is 7.50. The number of rotatable bonds is 9. The molecule has 0 bridgehead atoms. The van der Waals surface area contributed by atoms with Gasteiger partial charge in [0.1, 0.15) is 5.82 Å². The van der Waals surface area contributed by atoms with E-state index in [1.807, 2.05) is 0 Å². The van der Waals surface area contributed by atoms with E-state index in [0.717, 1.165) is 0 Å². The third kappa shape index (κ3) is 7.32. The average molecular weight is 358 g/mol. The summed E-state index contributed by atoms with van der Waals surface area (Å²) in [6.45, 7) is 3.29. The van der Waals surface area contributed by atoms with Crippen molar-refractivity contribution < 1.29 is 17.6 Å². The molecule has 0 saturated heterocycles. The van der Waals surface area contributed by atoms with Crippen LogP contribution in [0, 0.1) is 5.82 Å². The maximum absolute atomic E-state index is 14.0. The van der Waals surface area contributed by atoms with Gasteiger partial charge in [0, 0.05) is 36.8 Å². The Morgan fingerprint density at radius 1 is 1.38 bits per heavy atom. The quantitative estimate of drug-likeness (QED) is 0.524. The number of nitrogens with one attached hydrogen (secondary N) is 3. The fraction of sp³-hybridized carbons (Fsp3) is 0.400. The minimum absolute atomic E-state index is 0.0502. The second-order valence-electron chi connectivity index (χ2n) is 5.13. The van der Waals surface area contributed by atoms with E-state index in [4.69, 9.17) is 5.73 Å². The highest BCUT2D eigenvalue weighted by molar-refractivity contribution is 7.91. The molecule has 5 N–H and O–H groups in total. The van der Waals surface area contributed by atoms with Crippen LogP contribution in [-0.4, -0.2) is 38.9 Å². The Labute approximate surface area is 141 Å². The Balaban J connectivity index is 2.58. The van der Waals surface area contributed by atoms with Gasteiger partial charge in [-0.2, -0.15) is 0 Å². The molecule has 7 nitrogen and oxygen atoms in total. The molecule has 0 saturated carbocycles. The van der Waals surface area contributed by atoms with Crippen molar-refractivity contribution in [2.75, 3.05) is 35.2 Å².